The number of ether oxygens (including phenoxy) is 2. The number of piperazine rings is 1. The van der Waals surface area contributed by atoms with Crippen molar-refractivity contribution in [3.05, 3.63) is 77.3 Å². The van der Waals surface area contributed by atoms with Gasteiger partial charge in [-0.1, -0.05) is 29.8 Å². The number of rotatable bonds is 7. The number of carbonyl (C=O) groups excluding carboxylic acids is 1. The summed E-state index contributed by atoms with van der Waals surface area (Å²) in [7, 11) is -2.15. The number of halogens is 1. The van der Waals surface area contributed by atoms with Crippen molar-refractivity contribution in [3.8, 4) is 11.5 Å². The molecule has 0 unspecified atom stereocenters. The highest BCUT2D eigenvalue weighted by atomic mass is 35.5. The number of methoxy groups -OCH3 is 1. The van der Waals surface area contributed by atoms with Gasteiger partial charge in [-0.3, -0.25) is 9.10 Å². The van der Waals surface area contributed by atoms with Crippen molar-refractivity contribution < 1.29 is 22.7 Å². The number of aryl methyl sites for hydroxylation is 1. The zero-order chi connectivity index (χ0) is 26.7. The lowest BCUT2D eigenvalue weighted by Crippen LogP contribution is -2.50. The lowest BCUT2D eigenvalue weighted by atomic mass is 10.0. The lowest BCUT2D eigenvalue weighted by molar-refractivity contribution is -0.133. The molecular weight excluding hydrogens is 526 g/mol. The third-order valence-corrected chi connectivity index (χ3v) is 9.08. The normalized spacial score (nSPS) is 15.7. The van der Waals surface area contributed by atoms with Crippen molar-refractivity contribution in [1.29, 1.82) is 0 Å². The summed E-state index contributed by atoms with van der Waals surface area (Å²) in [5.74, 6) is 0.938. The topological polar surface area (TPSA) is 79.4 Å². The summed E-state index contributed by atoms with van der Waals surface area (Å²) in [4.78, 5) is 16.9. The molecular formula is C28H30ClN3O5S. The molecule has 0 aromatic heterocycles. The third-order valence-electron chi connectivity index (χ3n) is 6.98. The molecule has 0 spiro atoms. The fourth-order valence-corrected chi connectivity index (χ4v) is 6.74. The van der Waals surface area contributed by atoms with Crippen LogP contribution in [0.5, 0.6) is 11.5 Å². The summed E-state index contributed by atoms with van der Waals surface area (Å²) in [6.07, 6.45) is 1.60. The largest absolute Gasteiger partial charge is 0.497 e. The van der Waals surface area contributed by atoms with Gasteiger partial charge in [-0.2, -0.15) is 0 Å². The van der Waals surface area contributed by atoms with Crippen LogP contribution in [-0.2, 0) is 21.2 Å². The summed E-state index contributed by atoms with van der Waals surface area (Å²) in [6.45, 7) is 2.83. The highest BCUT2D eigenvalue weighted by Gasteiger charge is 2.29. The van der Waals surface area contributed by atoms with Gasteiger partial charge in [0.05, 0.1) is 22.7 Å². The van der Waals surface area contributed by atoms with Crippen LogP contribution in [-0.4, -0.2) is 65.7 Å². The van der Waals surface area contributed by atoms with Gasteiger partial charge in [0.2, 0.25) is 0 Å². The van der Waals surface area contributed by atoms with Crippen molar-refractivity contribution in [3.63, 3.8) is 0 Å². The van der Waals surface area contributed by atoms with Crippen molar-refractivity contribution in [2.75, 3.05) is 55.6 Å². The minimum atomic E-state index is -3.79. The van der Waals surface area contributed by atoms with Crippen molar-refractivity contribution >= 4 is 38.9 Å². The Morgan fingerprint density at radius 3 is 2.39 bits per heavy atom. The van der Waals surface area contributed by atoms with E-state index in [-0.39, 0.29) is 28.2 Å². The van der Waals surface area contributed by atoms with Gasteiger partial charge in [0.1, 0.15) is 11.5 Å². The molecule has 10 heteroatoms. The van der Waals surface area contributed by atoms with Gasteiger partial charge < -0.3 is 19.3 Å². The molecule has 0 radical (unpaired) electrons. The van der Waals surface area contributed by atoms with Crippen LogP contribution >= 0.6 is 11.6 Å². The SMILES string of the molecule is COc1ccc(N2CCN(C(=O)COc3ccc(S(=O)(=O)N4CCCc5ccccc54)cc3Cl)CC2)cc1. The Morgan fingerprint density at radius 1 is 0.947 bits per heavy atom. The molecule has 3 aromatic carbocycles. The number of carbonyl (C=O) groups is 1. The molecule has 1 saturated heterocycles. The first-order chi connectivity index (χ1) is 18.4. The first-order valence-corrected chi connectivity index (χ1v) is 14.4. The summed E-state index contributed by atoms with van der Waals surface area (Å²) in [6, 6.07) is 19.8. The average molecular weight is 556 g/mol. The van der Waals surface area contributed by atoms with Crippen LogP contribution in [0.25, 0.3) is 0 Å². The second-order valence-corrected chi connectivity index (χ2v) is 11.5. The Kier molecular flexibility index (Phi) is 7.67. The van der Waals surface area contributed by atoms with Crippen LogP contribution < -0.4 is 18.7 Å². The van der Waals surface area contributed by atoms with E-state index in [0.717, 1.165) is 29.8 Å². The molecule has 0 saturated carbocycles. The average Bonchev–Trinajstić information content (AvgIpc) is 2.96. The predicted molar refractivity (Wildman–Crippen MR) is 148 cm³/mol. The van der Waals surface area contributed by atoms with E-state index >= 15 is 0 Å². The molecule has 38 heavy (non-hydrogen) atoms. The number of benzene rings is 3. The maximum atomic E-state index is 13.4. The zero-order valence-corrected chi connectivity index (χ0v) is 22.7. The zero-order valence-electron chi connectivity index (χ0n) is 21.2. The molecule has 0 aliphatic carbocycles. The number of hydrogen-bond acceptors (Lipinski definition) is 6. The second-order valence-electron chi connectivity index (χ2n) is 9.26. The molecule has 0 atom stereocenters. The lowest BCUT2D eigenvalue weighted by Gasteiger charge is -2.36. The molecule has 1 fully saturated rings. The van der Waals surface area contributed by atoms with Crippen molar-refractivity contribution in [1.82, 2.24) is 4.90 Å². The third kappa shape index (κ3) is 5.39. The minimum Gasteiger partial charge on any atom is -0.497 e. The Morgan fingerprint density at radius 2 is 1.68 bits per heavy atom. The highest BCUT2D eigenvalue weighted by molar-refractivity contribution is 7.92. The van der Waals surface area contributed by atoms with E-state index in [9.17, 15) is 13.2 Å². The summed E-state index contributed by atoms with van der Waals surface area (Å²) >= 11 is 6.40. The molecule has 2 heterocycles. The molecule has 2 aliphatic heterocycles. The molecule has 5 rings (SSSR count). The molecule has 1 amide bonds. The molecule has 2 aliphatic rings. The van der Waals surface area contributed by atoms with Gasteiger partial charge in [0.15, 0.2) is 6.61 Å². The number of amides is 1. The van der Waals surface area contributed by atoms with Crippen LogP contribution in [0.15, 0.2) is 71.6 Å². The maximum absolute atomic E-state index is 13.4. The quantitative estimate of drug-likeness (QED) is 0.434. The first kappa shape index (κ1) is 26.2. The van der Waals surface area contributed by atoms with E-state index in [4.69, 9.17) is 21.1 Å². The minimum absolute atomic E-state index is 0.0903. The smallest absolute Gasteiger partial charge is 0.264 e. The molecule has 0 N–H and O–H groups in total. The Labute approximate surface area is 228 Å². The predicted octanol–water partition coefficient (Wildman–Crippen LogP) is 4.22. The van der Waals surface area contributed by atoms with E-state index in [1.807, 2.05) is 48.5 Å². The number of para-hydroxylation sites is 1. The Bertz CT molecular complexity index is 1410. The summed E-state index contributed by atoms with van der Waals surface area (Å²) in [5.41, 5.74) is 2.80. The number of nitrogens with zero attached hydrogens (tertiary/aromatic N) is 3. The van der Waals surface area contributed by atoms with E-state index in [1.54, 1.807) is 12.0 Å². The highest BCUT2D eigenvalue weighted by Crippen LogP contribution is 2.34. The monoisotopic (exact) mass is 555 g/mol. The van der Waals surface area contributed by atoms with E-state index in [1.165, 1.54) is 22.5 Å². The van der Waals surface area contributed by atoms with Crippen LogP contribution in [0, 0.1) is 0 Å². The van der Waals surface area contributed by atoms with E-state index in [2.05, 4.69) is 4.90 Å². The standard InChI is InChI=1S/C28H30ClN3O5S/c1-36-23-10-8-22(9-11-23)30-15-17-31(18-16-30)28(33)20-37-27-13-12-24(19-25(27)29)38(34,35)32-14-4-6-21-5-2-3-7-26(21)32/h2-3,5,7-13,19H,4,6,14-18,20H2,1H3. The van der Waals surface area contributed by atoms with Gasteiger partial charge in [0, 0.05) is 38.4 Å². The van der Waals surface area contributed by atoms with Gasteiger partial charge >= 0.3 is 0 Å². The van der Waals surface area contributed by atoms with Crippen molar-refractivity contribution in [2.24, 2.45) is 0 Å². The number of fused-ring (bicyclic) bond motifs is 1. The van der Waals surface area contributed by atoms with Crippen LogP contribution in [0.2, 0.25) is 5.02 Å². The molecule has 3 aromatic rings. The first-order valence-electron chi connectivity index (χ1n) is 12.6. The number of hydrogen-bond donors (Lipinski definition) is 0. The van der Waals surface area contributed by atoms with Crippen molar-refractivity contribution in [2.45, 2.75) is 17.7 Å². The maximum Gasteiger partial charge on any atom is 0.264 e. The molecule has 200 valence electrons. The van der Waals surface area contributed by atoms with Gasteiger partial charge in [-0.25, -0.2) is 8.42 Å². The fraction of sp³-hybridized carbons (Fsp3) is 0.321. The fourth-order valence-electron chi connectivity index (χ4n) is 4.87. The van der Waals surface area contributed by atoms with Crippen LogP contribution in [0.1, 0.15) is 12.0 Å². The van der Waals surface area contributed by atoms with E-state index < -0.39 is 10.0 Å². The van der Waals surface area contributed by atoms with Gasteiger partial charge in [-0.05, 0) is 66.9 Å². The Balaban J connectivity index is 1.18. The molecule has 8 nitrogen and oxygen atoms in total. The number of anilines is 2. The van der Waals surface area contributed by atoms with Crippen LogP contribution in [0.3, 0.4) is 0 Å². The van der Waals surface area contributed by atoms with Gasteiger partial charge in [-0.15, -0.1) is 0 Å². The second kappa shape index (κ2) is 11.1. The van der Waals surface area contributed by atoms with E-state index in [0.29, 0.717) is 38.4 Å². The summed E-state index contributed by atoms with van der Waals surface area (Å²) in [5, 5.41) is 0.147. The van der Waals surface area contributed by atoms with Gasteiger partial charge in [0.25, 0.3) is 15.9 Å². The Hall–Kier alpha value is -3.43. The number of sulfonamides is 1. The van der Waals surface area contributed by atoms with Crippen LogP contribution in [0.4, 0.5) is 11.4 Å². The molecule has 0 bridgehead atoms. The summed E-state index contributed by atoms with van der Waals surface area (Å²) < 4.78 is 39.2.